The molecule has 1 aromatic heterocycles. The Labute approximate surface area is 272 Å². The summed E-state index contributed by atoms with van der Waals surface area (Å²) in [5.74, 6) is -1.25. The van der Waals surface area contributed by atoms with Crippen LogP contribution in [0.25, 0.3) is 0 Å². The van der Waals surface area contributed by atoms with E-state index in [0.29, 0.717) is 50.1 Å². The monoisotopic (exact) mass is 665 g/mol. The minimum Gasteiger partial charge on any atom is -0.490 e. The van der Waals surface area contributed by atoms with E-state index in [9.17, 15) is 23.6 Å². The first-order chi connectivity index (χ1) is 22.3. The van der Waals surface area contributed by atoms with Crippen LogP contribution in [0.1, 0.15) is 29.7 Å². The van der Waals surface area contributed by atoms with Crippen LogP contribution in [-0.4, -0.2) is 72.4 Å². The zero-order valence-electron chi connectivity index (χ0n) is 25.0. The number of carbonyl (C=O) groups excluding carboxylic acids is 3. The van der Waals surface area contributed by atoms with E-state index in [4.69, 9.17) is 14.2 Å². The number of H-pyrrole nitrogens is 1. The number of anilines is 1. The van der Waals surface area contributed by atoms with Crippen molar-refractivity contribution in [1.82, 2.24) is 9.88 Å². The number of aromatic nitrogens is 1. The average molecular weight is 666 g/mol. The molecule has 5 aliphatic rings. The maximum atomic E-state index is 13.9. The fraction of sp³-hybridized carbons (Fsp3) is 0.455. The molecule has 2 aromatic carbocycles. The molecule has 46 heavy (non-hydrogen) atoms. The minimum absolute atomic E-state index is 0.00395. The van der Waals surface area contributed by atoms with E-state index in [1.807, 2.05) is 25.1 Å². The van der Waals surface area contributed by atoms with Gasteiger partial charge in [0.25, 0.3) is 5.91 Å². The maximum absolute atomic E-state index is 13.9. The fourth-order valence-corrected chi connectivity index (χ4v) is 11.3. The zero-order valence-corrected chi connectivity index (χ0v) is 26.6. The Kier molecular flexibility index (Phi) is 7.45. The number of aromatic amines is 1. The summed E-state index contributed by atoms with van der Waals surface area (Å²) in [5.41, 5.74) is 1.32. The largest absolute Gasteiger partial charge is 0.490 e. The van der Waals surface area contributed by atoms with Crippen LogP contribution in [0, 0.1) is 35.4 Å². The Hall–Kier alpha value is -3.68. The predicted molar refractivity (Wildman–Crippen MR) is 168 cm³/mol. The molecule has 2 aliphatic carbocycles. The number of carbonyl (C=O) groups is 3. The van der Waals surface area contributed by atoms with Gasteiger partial charge in [0.2, 0.25) is 11.8 Å². The molecule has 2 bridgehead atoms. The number of nitrogens with zero attached hydrogens (tertiary/aromatic N) is 2. The van der Waals surface area contributed by atoms with Crippen molar-refractivity contribution in [3.05, 3.63) is 68.4 Å². The number of hydrogen-bond acceptors (Lipinski definition) is 9. The molecule has 2 saturated heterocycles. The van der Waals surface area contributed by atoms with Gasteiger partial charge in [-0.25, -0.2) is 4.39 Å². The molecule has 4 heterocycles. The summed E-state index contributed by atoms with van der Waals surface area (Å²) < 4.78 is 31.0. The van der Waals surface area contributed by atoms with E-state index >= 15 is 0 Å². The molecule has 13 heteroatoms. The van der Waals surface area contributed by atoms with Crippen molar-refractivity contribution in [2.24, 2.45) is 29.6 Å². The summed E-state index contributed by atoms with van der Waals surface area (Å²) in [6.07, 6.45) is 0.755. The van der Waals surface area contributed by atoms with Crippen LogP contribution < -0.4 is 19.2 Å². The van der Waals surface area contributed by atoms with E-state index in [1.54, 1.807) is 16.7 Å². The van der Waals surface area contributed by atoms with Gasteiger partial charge >= 0.3 is 4.87 Å². The van der Waals surface area contributed by atoms with Gasteiger partial charge in [-0.15, -0.1) is 11.8 Å². The third kappa shape index (κ3) is 4.69. The van der Waals surface area contributed by atoms with E-state index < -0.39 is 17.7 Å². The normalized spacial score (nSPS) is 29.5. The van der Waals surface area contributed by atoms with E-state index in [-0.39, 0.29) is 58.1 Å². The number of hydrogen-bond donors (Lipinski definition) is 1. The molecule has 1 N–H and O–H groups in total. The lowest BCUT2D eigenvalue weighted by Crippen LogP contribution is -2.43. The minimum atomic E-state index is -0.468. The lowest BCUT2D eigenvalue weighted by molar-refractivity contribution is -0.137. The summed E-state index contributed by atoms with van der Waals surface area (Å²) in [6.45, 7) is 4.22. The van der Waals surface area contributed by atoms with Crippen LogP contribution in [-0.2, 0) is 19.1 Å². The fourth-order valence-electron chi connectivity index (χ4n) is 8.38. The van der Waals surface area contributed by atoms with E-state index in [0.717, 1.165) is 21.9 Å². The van der Waals surface area contributed by atoms with Crippen molar-refractivity contribution in [3.8, 4) is 11.5 Å². The van der Waals surface area contributed by atoms with Gasteiger partial charge in [0, 0.05) is 29.1 Å². The molecule has 8 rings (SSSR count). The lowest BCUT2D eigenvalue weighted by atomic mass is 9.68. The quantitative estimate of drug-likeness (QED) is 0.378. The Morgan fingerprint density at radius 1 is 1.00 bits per heavy atom. The second-order valence-corrected chi connectivity index (χ2v) is 14.6. The van der Waals surface area contributed by atoms with Crippen molar-refractivity contribution in [2.75, 3.05) is 44.4 Å². The van der Waals surface area contributed by atoms with Crippen molar-refractivity contribution in [2.45, 2.75) is 29.5 Å². The van der Waals surface area contributed by atoms with Crippen molar-refractivity contribution < 1.29 is 33.0 Å². The first kappa shape index (κ1) is 29.7. The first-order valence-corrected chi connectivity index (χ1v) is 17.3. The summed E-state index contributed by atoms with van der Waals surface area (Å²) in [5, 5.41) is 0.837. The Bertz CT molecular complexity index is 1770. The van der Waals surface area contributed by atoms with Crippen molar-refractivity contribution in [3.63, 3.8) is 0 Å². The van der Waals surface area contributed by atoms with Gasteiger partial charge in [-0.2, -0.15) is 0 Å². The Balaban J connectivity index is 1.12. The van der Waals surface area contributed by atoms with Crippen LogP contribution >= 0.6 is 23.1 Å². The maximum Gasteiger partial charge on any atom is 0.305 e. The van der Waals surface area contributed by atoms with Crippen LogP contribution in [0.15, 0.2) is 52.3 Å². The van der Waals surface area contributed by atoms with Gasteiger partial charge < -0.3 is 24.1 Å². The summed E-state index contributed by atoms with van der Waals surface area (Å²) in [6, 6.07) is 11.2. The van der Waals surface area contributed by atoms with E-state index in [1.165, 1.54) is 40.5 Å². The molecule has 0 spiro atoms. The number of morpholine rings is 1. The first-order valence-electron chi connectivity index (χ1n) is 15.6. The van der Waals surface area contributed by atoms with Crippen LogP contribution in [0.5, 0.6) is 11.5 Å². The SMILES string of the molecule is CCOc1cc([C@H]2c3sc(=O)[nH]c3SC3C2[C@H]2C[C@@H]3C3C(=O)N(c4ccc(F)cc4)C(=O)C32)ccc1OCC(=O)N1CCOCC1. The highest BCUT2D eigenvalue weighted by atomic mass is 32.2. The van der Waals surface area contributed by atoms with Crippen LogP contribution in [0.3, 0.4) is 0 Å². The van der Waals surface area contributed by atoms with Gasteiger partial charge in [0.1, 0.15) is 5.82 Å². The van der Waals surface area contributed by atoms with Crippen LogP contribution in [0.2, 0.25) is 0 Å². The molecule has 240 valence electrons. The number of thiazole rings is 1. The number of amides is 3. The molecule has 4 fully saturated rings. The number of nitrogens with one attached hydrogen (secondary N) is 1. The molecule has 4 unspecified atom stereocenters. The number of fused-ring (bicyclic) bond motifs is 9. The number of imide groups is 1. The summed E-state index contributed by atoms with van der Waals surface area (Å²) >= 11 is 2.81. The molecule has 7 atom stereocenters. The van der Waals surface area contributed by atoms with Gasteiger partial charge in [0.05, 0.1) is 42.4 Å². The molecule has 3 aromatic rings. The molecule has 10 nitrogen and oxygen atoms in total. The van der Waals surface area contributed by atoms with Crippen molar-refractivity contribution >= 4 is 46.5 Å². The smallest absolute Gasteiger partial charge is 0.305 e. The number of halogens is 1. The lowest BCUT2D eigenvalue weighted by Gasteiger charge is -2.43. The summed E-state index contributed by atoms with van der Waals surface area (Å²) in [7, 11) is 0. The highest BCUT2D eigenvalue weighted by molar-refractivity contribution is 8.00. The second-order valence-electron chi connectivity index (χ2n) is 12.4. The van der Waals surface area contributed by atoms with E-state index in [2.05, 4.69) is 4.98 Å². The number of ether oxygens (including phenoxy) is 3. The predicted octanol–water partition coefficient (Wildman–Crippen LogP) is 3.89. The highest BCUT2D eigenvalue weighted by Gasteiger charge is 2.69. The van der Waals surface area contributed by atoms with Gasteiger partial charge in [-0.1, -0.05) is 17.4 Å². The molecule has 3 amide bonds. The third-order valence-electron chi connectivity index (χ3n) is 10.2. The number of benzene rings is 2. The van der Waals surface area contributed by atoms with Crippen molar-refractivity contribution in [1.29, 1.82) is 0 Å². The molecular weight excluding hydrogens is 634 g/mol. The van der Waals surface area contributed by atoms with Crippen LogP contribution in [0.4, 0.5) is 10.1 Å². The second kappa shape index (κ2) is 11.5. The highest BCUT2D eigenvalue weighted by Crippen LogP contribution is 2.68. The third-order valence-corrected chi connectivity index (χ3v) is 12.7. The standard InChI is InChI=1S/C33H32FN3O7S2/c1-2-43-22-13-16(3-8-21(22)44-15-23(38)36-9-11-42-12-10-36)24-25-19-14-20(28(25)45-30-29(24)46-33(41)35-30)27-26(19)31(39)37(32(27)40)18-6-4-17(34)5-7-18/h3-8,13,19-20,24-28H,2,9-12,14-15H2,1H3,(H,35,41)/t19-,20-,24-,25?,26?,27?,28?/m1/s1. The Morgan fingerprint density at radius 2 is 1.74 bits per heavy atom. The van der Waals surface area contributed by atoms with Gasteiger partial charge in [-0.05, 0) is 73.1 Å². The van der Waals surface area contributed by atoms with Gasteiger partial charge in [-0.3, -0.25) is 24.1 Å². The van der Waals surface area contributed by atoms with Gasteiger partial charge in [0.15, 0.2) is 18.1 Å². The average Bonchev–Trinajstić information content (AvgIpc) is 3.80. The molecule has 2 saturated carbocycles. The molecule has 0 radical (unpaired) electrons. The zero-order chi connectivity index (χ0) is 31.7. The number of thioether (sulfide) groups is 1. The summed E-state index contributed by atoms with van der Waals surface area (Å²) in [4.78, 5) is 60.0. The Morgan fingerprint density at radius 3 is 2.48 bits per heavy atom. The molecule has 3 aliphatic heterocycles. The molecular formula is C33H32FN3O7S2. The topological polar surface area (TPSA) is 118 Å². The number of rotatable bonds is 7.